The molecule has 2 aromatic rings. The third-order valence-electron chi connectivity index (χ3n) is 4.58. The lowest BCUT2D eigenvalue weighted by Gasteiger charge is -2.35. The van der Waals surface area contributed by atoms with Crippen LogP contribution in [-0.4, -0.2) is 40.8 Å². The van der Waals surface area contributed by atoms with Crippen molar-refractivity contribution in [3.05, 3.63) is 52.3 Å². The zero-order valence-electron chi connectivity index (χ0n) is 13.1. The van der Waals surface area contributed by atoms with E-state index in [1.54, 1.807) is 6.20 Å². The second-order valence-corrected chi connectivity index (χ2v) is 6.47. The largest absolute Gasteiger partial charge is 0.377 e. The average Bonchev–Trinajstić information content (AvgIpc) is 3.25. The number of rotatable bonds is 3. The lowest BCUT2D eigenvalue weighted by molar-refractivity contribution is -0.143. The summed E-state index contributed by atoms with van der Waals surface area (Å²) in [4.78, 5) is 14.7. The molecule has 1 N–H and O–H groups in total. The molecule has 2 aliphatic heterocycles. The van der Waals surface area contributed by atoms with Crippen molar-refractivity contribution >= 4 is 17.5 Å². The molecule has 0 saturated carbocycles. The van der Waals surface area contributed by atoms with Crippen LogP contribution in [0, 0.1) is 0 Å². The molecule has 2 aliphatic rings. The summed E-state index contributed by atoms with van der Waals surface area (Å²) in [5.41, 5.74) is 3.01. The summed E-state index contributed by atoms with van der Waals surface area (Å²) in [7, 11) is 0. The Kier molecular flexibility index (Phi) is 4.26. The van der Waals surface area contributed by atoms with Crippen molar-refractivity contribution in [1.82, 2.24) is 15.1 Å². The van der Waals surface area contributed by atoms with Crippen molar-refractivity contribution < 1.29 is 14.3 Å². The van der Waals surface area contributed by atoms with E-state index >= 15 is 0 Å². The van der Waals surface area contributed by atoms with Gasteiger partial charge in [0.2, 0.25) is 5.91 Å². The van der Waals surface area contributed by atoms with E-state index in [0.29, 0.717) is 37.8 Å². The highest BCUT2D eigenvalue weighted by Gasteiger charge is 2.33. The molecule has 2 atom stereocenters. The number of hydrogen-bond donors (Lipinski definition) is 1. The van der Waals surface area contributed by atoms with E-state index in [2.05, 4.69) is 10.2 Å². The third kappa shape index (κ3) is 2.92. The summed E-state index contributed by atoms with van der Waals surface area (Å²) in [6, 6.07) is 7.45. The molecule has 7 heteroatoms. The van der Waals surface area contributed by atoms with Gasteiger partial charge in [0.25, 0.3) is 0 Å². The predicted molar refractivity (Wildman–Crippen MR) is 87.5 cm³/mol. The van der Waals surface area contributed by atoms with Gasteiger partial charge >= 0.3 is 0 Å². The molecule has 4 rings (SSSR count). The molecule has 2 unspecified atom stereocenters. The lowest BCUT2D eigenvalue weighted by Crippen LogP contribution is -2.44. The van der Waals surface area contributed by atoms with Gasteiger partial charge in [-0.05, 0) is 29.3 Å². The van der Waals surface area contributed by atoms with Gasteiger partial charge in [0.15, 0.2) is 0 Å². The van der Waals surface area contributed by atoms with Crippen molar-refractivity contribution in [3.8, 4) is 0 Å². The molecule has 0 bridgehead atoms. The number of ether oxygens (including phenoxy) is 2. The van der Waals surface area contributed by atoms with Crippen LogP contribution in [0.4, 0.5) is 0 Å². The van der Waals surface area contributed by atoms with Crippen LogP contribution in [0.5, 0.6) is 0 Å². The first-order chi connectivity index (χ1) is 11.7. The summed E-state index contributed by atoms with van der Waals surface area (Å²) in [5, 5.41) is 7.61. The second-order valence-electron chi connectivity index (χ2n) is 6.04. The van der Waals surface area contributed by atoms with Crippen LogP contribution >= 0.6 is 11.6 Å². The van der Waals surface area contributed by atoms with Crippen LogP contribution in [-0.2, 0) is 20.9 Å². The number of H-pyrrole nitrogens is 1. The number of morpholine rings is 1. The third-order valence-corrected chi connectivity index (χ3v) is 4.82. The minimum atomic E-state index is -0.213. The number of aromatic nitrogens is 2. The Balaban J connectivity index is 1.50. The SMILES string of the molecule is O=C(CC1OCc2cc(Cl)ccc21)N1CCOCC1c1ccn[nH]1. The predicted octanol–water partition coefficient (Wildman–Crippen LogP) is 2.62. The highest BCUT2D eigenvalue weighted by molar-refractivity contribution is 6.30. The number of aromatic amines is 1. The summed E-state index contributed by atoms with van der Waals surface area (Å²) >= 11 is 6.02. The number of hydrogen-bond acceptors (Lipinski definition) is 4. The number of nitrogens with zero attached hydrogens (tertiary/aromatic N) is 2. The molecule has 24 heavy (non-hydrogen) atoms. The van der Waals surface area contributed by atoms with Gasteiger partial charge in [-0.25, -0.2) is 0 Å². The van der Waals surface area contributed by atoms with Gasteiger partial charge in [-0.1, -0.05) is 17.7 Å². The maximum atomic E-state index is 12.9. The van der Waals surface area contributed by atoms with Crippen LogP contribution < -0.4 is 0 Å². The Morgan fingerprint density at radius 1 is 1.42 bits per heavy atom. The quantitative estimate of drug-likeness (QED) is 0.926. The van der Waals surface area contributed by atoms with Crippen molar-refractivity contribution in [2.45, 2.75) is 25.2 Å². The molecular weight excluding hydrogens is 330 g/mol. The molecule has 3 heterocycles. The van der Waals surface area contributed by atoms with E-state index in [1.165, 1.54) is 0 Å². The summed E-state index contributed by atoms with van der Waals surface area (Å²) in [6.45, 7) is 2.10. The maximum absolute atomic E-state index is 12.9. The van der Waals surface area contributed by atoms with Crippen LogP contribution in [0.1, 0.15) is 35.4 Å². The minimum absolute atomic E-state index is 0.0608. The molecule has 0 spiro atoms. The van der Waals surface area contributed by atoms with Crippen molar-refractivity contribution in [1.29, 1.82) is 0 Å². The molecule has 1 aromatic carbocycles. The molecule has 1 fully saturated rings. The van der Waals surface area contributed by atoms with E-state index < -0.39 is 0 Å². The number of nitrogens with one attached hydrogen (secondary N) is 1. The lowest BCUT2D eigenvalue weighted by atomic mass is 10.0. The Labute approximate surface area is 144 Å². The topological polar surface area (TPSA) is 67.4 Å². The molecule has 0 radical (unpaired) electrons. The fraction of sp³-hybridized carbons (Fsp3) is 0.412. The van der Waals surface area contributed by atoms with E-state index in [1.807, 2.05) is 29.2 Å². The number of carbonyl (C=O) groups is 1. The fourth-order valence-corrected chi connectivity index (χ4v) is 3.55. The highest BCUT2D eigenvalue weighted by Crippen LogP contribution is 2.36. The van der Waals surface area contributed by atoms with E-state index in [-0.39, 0.29) is 18.1 Å². The monoisotopic (exact) mass is 347 g/mol. The standard InChI is InChI=1S/C17H18ClN3O3/c18-12-1-2-13-11(7-12)9-24-16(13)8-17(22)21-5-6-23-10-15(21)14-3-4-19-20-14/h1-4,7,15-16H,5-6,8-10H2,(H,19,20). The first-order valence-corrected chi connectivity index (χ1v) is 8.36. The van der Waals surface area contributed by atoms with Crippen LogP contribution in [0.2, 0.25) is 5.02 Å². The van der Waals surface area contributed by atoms with E-state index in [4.69, 9.17) is 21.1 Å². The van der Waals surface area contributed by atoms with Gasteiger partial charge in [-0.3, -0.25) is 9.89 Å². The number of fused-ring (bicyclic) bond motifs is 1. The van der Waals surface area contributed by atoms with Gasteiger partial charge in [-0.15, -0.1) is 0 Å². The van der Waals surface area contributed by atoms with Gasteiger partial charge in [-0.2, -0.15) is 5.10 Å². The first-order valence-electron chi connectivity index (χ1n) is 7.99. The van der Waals surface area contributed by atoms with Crippen LogP contribution in [0.3, 0.4) is 0 Å². The Hall–Kier alpha value is -1.89. The van der Waals surface area contributed by atoms with Gasteiger partial charge in [0.1, 0.15) is 0 Å². The molecule has 1 aromatic heterocycles. The number of carbonyl (C=O) groups excluding carboxylic acids is 1. The zero-order chi connectivity index (χ0) is 16.5. The van der Waals surface area contributed by atoms with Crippen LogP contribution in [0.15, 0.2) is 30.5 Å². The molecule has 126 valence electrons. The average molecular weight is 348 g/mol. The van der Waals surface area contributed by atoms with Crippen molar-refractivity contribution in [2.24, 2.45) is 0 Å². The van der Waals surface area contributed by atoms with Crippen molar-refractivity contribution in [3.63, 3.8) is 0 Å². The molecule has 0 aliphatic carbocycles. The van der Waals surface area contributed by atoms with Gasteiger partial charge in [0, 0.05) is 17.8 Å². The molecular formula is C17H18ClN3O3. The normalized spacial score (nSPS) is 23.3. The number of amides is 1. The Morgan fingerprint density at radius 2 is 2.33 bits per heavy atom. The fourth-order valence-electron chi connectivity index (χ4n) is 3.35. The van der Waals surface area contributed by atoms with Crippen LogP contribution in [0.25, 0.3) is 0 Å². The smallest absolute Gasteiger partial charge is 0.226 e. The summed E-state index contributed by atoms with van der Waals surface area (Å²) < 4.78 is 11.3. The Morgan fingerprint density at radius 3 is 3.17 bits per heavy atom. The zero-order valence-corrected chi connectivity index (χ0v) is 13.8. The summed E-state index contributed by atoms with van der Waals surface area (Å²) in [5.74, 6) is 0.0608. The Bertz CT molecular complexity index is 735. The highest BCUT2D eigenvalue weighted by atomic mass is 35.5. The van der Waals surface area contributed by atoms with Gasteiger partial charge < -0.3 is 14.4 Å². The number of benzene rings is 1. The molecule has 1 saturated heterocycles. The van der Waals surface area contributed by atoms with Gasteiger partial charge in [0.05, 0.1) is 44.1 Å². The molecule has 1 amide bonds. The van der Waals surface area contributed by atoms with E-state index in [0.717, 1.165) is 16.8 Å². The van der Waals surface area contributed by atoms with Crippen molar-refractivity contribution in [2.75, 3.05) is 19.8 Å². The first kappa shape index (κ1) is 15.6. The second kappa shape index (κ2) is 6.55. The number of halogens is 1. The maximum Gasteiger partial charge on any atom is 0.226 e. The van der Waals surface area contributed by atoms with E-state index in [9.17, 15) is 4.79 Å². The minimum Gasteiger partial charge on any atom is -0.377 e. The molecule has 6 nitrogen and oxygen atoms in total. The summed E-state index contributed by atoms with van der Waals surface area (Å²) in [6.07, 6.45) is 1.79.